The molecule has 1 fully saturated rings. The van der Waals surface area contributed by atoms with E-state index in [1.165, 1.54) is 5.56 Å². The van der Waals surface area contributed by atoms with Gasteiger partial charge in [0.25, 0.3) is 0 Å². The highest BCUT2D eigenvalue weighted by Gasteiger charge is 2.29. The maximum atomic E-state index is 12.7. The fourth-order valence-corrected chi connectivity index (χ4v) is 3.05. The zero-order valence-corrected chi connectivity index (χ0v) is 13.5. The molecule has 3 rings (SSSR count). The zero-order chi connectivity index (χ0) is 16.1. The Bertz CT molecular complexity index is 630. The largest absolute Gasteiger partial charge is 0.310 e. The fraction of sp³-hybridized carbons (Fsp3) is 0.368. The van der Waals surface area contributed by atoms with Crippen LogP contribution in [0.2, 0.25) is 0 Å². The van der Waals surface area contributed by atoms with Crippen LogP contribution in [0.15, 0.2) is 54.9 Å². The van der Waals surface area contributed by atoms with E-state index in [2.05, 4.69) is 41.5 Å². The smallest absolute Gasteiger partial charge is 0.244 e. The maximum absolute atomic E-state index is 12.7. The number of pyridine rings is 1. The minimum atomic E-state index is -0.102. The van der Waals surface area contributed by atoms with Gasteiger partial charge in [-0.15, -0.1) is 0 Å². The van der Waals surface area contributed by atoms with Gasteiger partial charge in [-0.2, -0.15) is 0 Å². The molecule has 1 aliphatic heterocycles. The molecule has 0 radical (unpaired) electrons. The molecule has 0 unspecified atom stereocenters. The van der Waals surface area contributed by atoms with E-state index in [9.17, 15) is 4.79 Å². The molecule has 1 amide bonds. The van der Waals surface area contributed by atoms with Crippen LogP contribution in [0.5, 0.6) is 0 Å². The Morgan fingerprint density at radius 3 is 2.83 bits per heavy atom. The van der Waals surface area contributed by atoms with Crippen molar-refractivity contribution < 1.29 is 4.79 Å². The molecular formula is C19H23N3O. The van der Waals surface area contributed by atoms with E-state index in [-0.39, 0.29) is 11.9 Å². The summed E-state index contributed by atoms with van der Waals surface area (Å²) in [6, 6.07) is 14.1. The van der Waals surface area contributed by atoms with E-state index in [1.54, 1.807) is 12.4 Å². The summed E-state index contributed by atoms with van der Waals surface area (Å²) >= 11 is 0. The summed E-state index contributed by atoms with van der Waals surface area (Å²) in [5.74, 6) is 0.544. The summed E-state index contributed by atoms with van der Waals surface area (Å²) < 4.78 is 0. The number of anilines is 1. The molecule has 2 heterocycles. The number of aromatic nitrogens is 1. The Kier molecular flexibility index (Phi) is 5.03. The molecule has 23 heavy (non-hydrogen) atoms. The average Bonchev–Trinajstić information content (AvgIpc) is 2.62. The topological polar surface area (TPSA) is 45.2 Å². The number of hydrogen-bond acceptors (Lipinski definition) is 3. The van der Waals surface area contributed by atoms with Crippen molar-refractivity contribution >= 4 is 11.6 Å². The molecule has 0 spiro atoms. The van der Waals surface area contributed by atoms with Crippen molar-refractivity contribution in [1.29, 1.82) is 0 Å². The maximum Gasteiger partial charge on any atom is 0.244 e. The minimum absolute atomic E-state index is 0.102. The molecule has 120 valence electrons. The van der Waals surface area contributed by atoms with E-state index >= 15 is 0 Å². The first-order valence-electron chi connectivity index (χ1n) is 8.25. The van der Waals surface area contributed by atoms with Gasteiger partial charge >= 0.3 is 0 Å². The summed E-state index contributed by atoms with van der Waals surface area (Å²) in [5.41, 5.74) is 2.19. The number of carbonyl (C=O) groups excluding carboxylic acids is 1. The van der Waals surface area contributed by atoms with Crippen LogP contribution in [-0.4, -0.2) is 30.0 Å². The number of nitrogens with zero attached hydrogens (tertiary/aromatic N) is 2. The second-order valence-electron chi connectivity index (χ2n) is 6.12. The molecule has 1 aromatic carbocycles. The lowest BCUT2D eigenvalue weighted by molar-refractivity contribution is -0.121. The van der Waals surface area contributed by atoms with Gasteiger partial charge in [-0.3, -0.25) is 9.78 Å². The summed E-state index contributed by atoms with van der Waals surface area (Å²) in [6.45, 7) is 3.77. The van der Waals surface area contributed by atoms with E-state index in [4.69, 9.17) is 0 Å². The van der Waals surface area contributed by atoms with Gasteiger partial charge in [0, 0.05) is 19.3 Å². The Labute approximate surface area is 137 Å². The zero-order valence-electron chi connectivity index (χ0n) is 13.5. The number of carbonyl (C=O) groups is 1. The standard InChI is InChI=1S/C19H23N3O/c1-15(16-7-3-2-4-8-16)13-21-18-10-6-12-22(19(18)23)17-9-5-11-20-14-17/h2-5,7-9,11,14-15,18,21H,6,10,12-13H2,1H3/t15-,18+/m1/s1. The Morgan fingerprint density at radius 1 is 1.26 bits per heavy atom. The normalized spacial score (nSPS) is 19.6. The molecule has 1 aromatic heterocycles. The van der Waals surface area contributed by atoms with Gasteiger partial charge in [0.1, 0.15) is 0 Å². The van der Waals surface area contributed by atoms with Crippen molar-refractivity contribution in [3.63, 3.8) is 0 Å². The van der Waals surface area contributed by atoms with E-state index in [0.717, 1.165) is 31.6 Å². The highest BCUT2D eigenvalue weighted by atomic mass is 16.2. The molecule has 0 bridgehead atoms. The molecule has 0 saturated carbocycles. The van der Waals surface area contributed by atoms with E-state index in [1.807, 2.05) is 23.1 Å². The predicted molar refractivity (Wildman–Crippen MR) is 92.5 cm³/mol. The number of hydrogen-bond donors (Lipinski definition) is 1. The molecule has 1 aliphatic rings. The van der Waals surface area contributed by atoms with Gasteiger partial charge in [-0.25, -0.2) is 0 Å². The van der Waals surface area contributed by atoms with Crippen LogP contribution in [0.1, 0.15) is 31.2 Å². The first-order valence-corrected chi connectivity index (χ1v) is 8.25. The minimum Gasteiger partial charge on any atom is -0.310 e. The van der Waals surface area contributed by atoms with Crippen LogP contribution in [0, 0.1) is 0 Å². The molecule has 4 heteroatoms. The summed E-state index contributed by atoms with van der Waals surface area (Å²) in [7, 11) is 0. The highest BCUT2D eigenvalue weighted by Crippen LogP contribution is 2.21. The van der Waals surface area contributed by atoms with Crippen molar-refractivity contribution in [1.82, 2.24) is 10.3 Å². The lowest BCUT2D eigenvalue weighted by Crippen LogP contribution is -2.51. The quantitative estimate of drug-likeness (QED) is 0.923. The van der Waals surface area contributed by atoms with E-state index in [0.29, 0.717) is 5.92 Å². The lowest BCUT2D eigenvalue weighted by Gasteiger charge is -2.33. The van der Waals surface area contributed by atoms with Gasteiger partial charge in [0.05, 0.1) is 17.9 Å². The molecular weight excluding hydrogens is 286 g/mol. The molecule has 2 aromatic rings. The summed E-state index contributed by atoms with van der Waals surface area (Å²) in [4.78, 5) is 18.7. The number of rotatable bonds is 5. The predicted octanol–water partition coefficient (Wildman–Crippen LogP) is 2.97. The average molecular weight is 309 g/mol. The number of benzene rings is 1. The van der Waals surface area contributed by atoms with Gasteiger partial charge < -0.3 is 10.2 Å². The van der Waals surface area contributed by atoms with Gasteiger partial charge in [0.15, 0.2) is 0 Å². The Hall–Kier alpha value is -2.20. The van der Waals surface area contributed by atoms with Crippen LogP contribution in [0.4, 0.5) is 5.69 Å². The van der Waals surface area contributed by atoms with Crippen molar-refractivity contribution in [3.05, 3.63) is 60.4 Å². The molecule has 1 N–H and O–H groups in total. The van der Waals surface area contributed by atoms with Gasteiger partial charge in [-0.05, 0) is 36.5 Å². The monoisotopic (exact) mass is 309 g/mol. The fourth-order valence-electron chi connectivity index (χ4n) is 3.05. The summed E-state index contributed by atoms with van der Waals surface area (Å²) in [5, 5.41) is 3.46. The second-order valence-corrected chi connectivity index (χ2v) is 6.12. The number of amides is 1. The third-order valence-corrected chi connectivity index (χ3v) is 4.44. The lowest BCUT2D eigenvalue weighted by atomic mass is 9.99. The van der Waals surface area contributed by atoms with Gasteiger partial charge in [0.2, 0.25) is 5.91 Å². The highest BCUT2D eigenvalue weighted by molar-refractivity contribution is 5.97. The van der Waals surface area contributed by atoms with Crippen molar-refractivity contribution in [2.75, 3.05) is 18.0 Å². The third kappa shape index (κ3) is 3.77. The number of nitrogens with one attached hydrogen (secondary N) is 1. The Morgan fingerprint density at radius 2 is 2.09 bits per heavy atom. The van der Waals surface area contributed by atoms with Crippen molar-refractivity contribution in [2.24, 2.45) is 0 Å². The molecule has 4 nitrogen and oxygen atoms in total. The van der Waals surface area contributed by atoms with Crippen LogP contribution in [-0.2, 0) is 4.79 Å². The van der Waals surface area contributed by atoms with Crippen molar-refractivity contribution in [2.45, 2.75) is 31.7 Å². The van der Waals surface area contributed by atoms with Crippen LogP contribution in [0.25, 0.3) is 0 Å². The third-order valence-electron chi connectivity index (χ3n) is 4.44. The Balaban J connectivity index is 1.61. The SMILES string of the molecule is C[C@H](CN[C@H]1CCCN(c2cccnc2)C1=O)c1ccccc1. The second kappa shape index (κ2) is 7.38. The van der Waals surface area contributed by atoms with Gasteiger partial charge in [-0.1, -0.05) is 37.3 Å². The summed E-state index contributed by atoms with van der Waals surface area (Å²) in [6.07, 6.45) is 5.40. The van der Waals surface area contributed by atoms with E-state index < -0.39 is 0 Å². The molecule has 2 atom stereocenters. The number of piperidine rings is 1. The molecule has 1 saturated heterocycles. The van der Waals surface area contributed by atoms with Crippen LogP contribution >= 0.6 is 0 Å². The van der Waals surface area contributed by atoms with Crippen LogP contribution in [0.3, 0.4) is 0 Å². The molecule has 0 aliphatic carbocycles. The first kappa shape index (κ1) is 15.7. The first-order chi connectivity index (χ1) is 11.3. The van der Waals surface area contributed by atoms with Crippen LogP contribution < -0.4 is 10.2 Å². The van der Waals surface area contributed by atoms with Crippen molar-refractivity contribution in [3.8, 4) is 0 Å².